The lowest BCUT2D eigenvalue weighted by Crippen LogP contribution is -2.20. The van der Waals surface area contributed by atoms with Crippen LogP contribution < -0.4 is 9.75 Å². The second-order valence-corrected chi connectivity index (χ2v) is 6.97. The Kier molecular flexibility index (Phi) is 3.44. The molecule has 1 unspecified atom stereocenters. The van der Waals surface area contributed by atoms with Crippen molar-refractivity contribution >= 4 is 35.6 Å². The van der Waals surface area contributed by atoms with Gasteiger partial charge in [0.25, 0.3) is 0 Å². The van der Waals surface area contributed by atoms with E-state index in [1.807, 2.05) is 11.3 Å². The lowest BCUT2D eigenvalue weighted by atomic mass is 9.99. The maximum Gasteiger partial charge on any atom is 0.0352 e. The van der Waals surface area contributed by atoms with Gasteiger partial charge in [-0.15, -0.1) is 11.3 Å². The molecule has 1 heterocycles. The van der Waals surface area contributed by atoms with Crippen LogP contribution in [0.1, 0.15) is 28.8 Å². The molecule has 0 spiro atoms. The first-order valence-corrected chi connectivity index (χ1v) is 8.57. The molecule has 1 heteroatoms. The van der Waals surface area contributed by atoms with Crippen LogP contribution in [0.2, 0.25) is 0 Å². The van der Waals surface area contributed by atoms with Crippen LogP contribution in [0.4, 0.5) is 0 Å². The first kappa shape index (κ1) is 13.5. The van der Waals surface area contributed by atoms with E-state index < -0.39 is 0 Å². The van der Waals surface area contributed by atoms with E-state index in [9.17, 15) is 0 Å². The van der Waals surface area contributed by atoms with Gasteiger partial charge in [0.05, 0.1) is 0 Å². The molecule has 0 saturated carbocycles. The van der Waals surface area contributed by atoms with Gasteiger partial charge >= 0.3 is 0 Å². The van der Waals surface area contributed by atoms with E-state index >= 15 is 0 Å². The molecule has 2 aliphatic rings. The van der Waals surface area contributed by atoms with Gasteiger partial charge in [0, 0.05) is 15.3 Å². The van der Waals surface area contributed by atoms with Crippen molar-refractivity contribution in [2.45, 2.75) is 12.8 Å². The highest BCUT2D eigenvalue weighted by atomic mass is 32.1. The van der Waals surface area contributed by atoms with Crippen LogP contribution >= 0.6 is 11.3 Å². The van der Waals surface area contributed by atoms with Crippen molar-refractivity contribution in [1.29, 1.82) is 0 Å². The Morgan fingerprint density at radius 2 is 1.77 bits per heavy atom. The van der Waals surface area contributed by atoms with Crippen molar-refractivity contribution in [2.24, 2.45) is 5.92 Å². The summed E-state index contributed by atoms with van der Waals surface area (Å²) in [4.78, 5) is 1.38. The maximum absolute atomic E-state index is 2.40. The predicted molar refractivity (Wildman–Crippen MR) is 98.1 cm³/mol. The van der Waals surface area contributed by atoms with Gasteiger partial charge in [-0.3, -0.25) is 0 Å². The molecule has 2 atom stereocenters. The fraction of sp³-hybridized carbons (Fsp3) is 0.143. The van der Waals surface area contributed by atoms with Gasteiger partial charge in [-0.1, -0.05) is 79.8 Å². The third-order valence-electron chi connectivity index (χ3n) is 4.26. The van der Waals surface area contributed by atoms with E-state index in [4.69, 9.17) is 0 Å². The number of thiophene rings is 1. The summed E-state index contributed by atoms with van der Waals surface area (Å²) < 4.78 is 1.38. The second-order valence-electron chi connectivity index (χ2n) is 5.89. The van der Waals surface area contributed by atoms with Crippen molar-refractivity contribution in [3.8, 4) is 0 Å². The van der Waals surface area contributed by atoms with Crippen molar-refractivity contribution in [1.82, 2.24) is 0 Å². The Bertz CT molecular complexity index is 891. The molecule has 0 nitrogen and oxygen atoms in total. The Hall–Kier alpha value is -2.12. The summed E-state index contributed by atoms with van der Waals surface area (Å²) in [5.41, 5.74) is 2.72. The van der Waals surface area contributed by atoms with E-state index in [2.05, 4.69) is 85.9 Å². The number of rotatable bonds is 1. The summed E-state index contributed by atoms with van der Waals surface area (Å²) in [6, 6.07) is 10.7. The minimum absolute atomic E-state index is 0.355. The number of fused-ring (bicyclic) bond motifs is 3. The Labute approximate surface area is 135 Å². The van der Waals surface area contributed by atoms with Crippen LogP contribution in [0.5, 0.6) is 0 Å². The zero-order valence-corrected chi connectivity index (χ0v) is 13.4. The first-order valence-electron chi connectivity index (χ1n) is 7.76. The lowest BCUT2D eigenvalue weighted by molar-refractivity contribution is 0.954. The van der Waals surface area contributed by atoms with E-state index in [-0.39, 0.29) is 0 Å². The predicted octanol–water partition coefficient (Wildman–Crippen LogP) is 4.34. The summed E-state index contributed by atoms with van der Waals surface area (Å²) in [5, 5.41) is 1.37. The van der Waals surface area contributed by atoms with Crippen molar-refractivity contribution in [2.75, 3.05) is 0 Å². The quantitative estimate of drug-likeness (QED) is 0.735. The molecule has 1 aromatic carbocycles. The average Bonchev–Trinajstić information content (AvgIpc) is 2.70. The summed E-state index contributed by atoms with van der Waals surface area (Å²) in [5.74, 6) is 0.866. The number of allylic oxidation sites excluding steroid dienone is 4. The van der Waals surface area contributed by atoms with Crippen LogP contribution in [0.25, 0.3) is 24.3 Å². The van der Waals surface area contributed by atoms with Crippen LogP contribution in [-0.4, -0.2) is 0 Å². The minimum Gasteiger partial charge on any atom is -0.136 e. The van der Waals surface area contributed by atoms with Crippen molar-refractivity contribution in [3.63, 3.8) is 0 Å². The zero-order chi connectivity index (χ0) is 14.9. The van der Waals surface area contributed by atoms with Gasteiger partial charge in [-0.25, -0.2) is 0 Å². The molecule has 2 aliphatic carbocycles. The standard InChI is InChI=1S/C21H18S/c1-15-10-12-19-18-9-5-8-17(16-6-3-2-4-7-16)14-21(18)22-20(19)13-11-15/h2-15,17H,1H3/t15-,17?/m1/s1. The molecule has 1 aromatic heterocycles. The highest BCUT2D eigenvalue weighted by Crippen LogP contribution is 2.23. The topological polar surface area (TPSA) is 0 Å². The molecule has 0 radical (unpaired) electrons. The fourth-order valence-corrected chi connectivity index (χ4v) is 4.18. The molecule has 0 aliphatic heterocycles. The van der Waals surface area contributed by atoms with E-state index in [1.54, 1.807) is 0 Å². The molecule has 108 valence electrons. The van der Waals surface area contributed by atoms with Crippen molar-refractivity contribution in [3.05, 3.63) is 80.4 Å². The number of benzene rings is 1. The van der Waals surface area contributed by atoms with Gasteiger partial charge in [-0.05, 0) is 28.3 Å². The third kappa shape index (κ3) is 2.42. The lowest BCUT2D eigenvalue weighted by Gasteiger charge is -2.06. The normalized spacial score (nSPS) is 22.0. The molecular formula is C21H18S. The highest BCUT2D eigenvalue weighted by molar-refractivity contribution is 7.11. The smallest absolute Gasteiger partial charge is 0.0352 e. The number of hydrogen-bond donors (Lipinski definition) is 0. The van der Waals surface area contributed by atoms with Crippen LogP contribution in [0.3, 0.4) is 0 Å². The Morgan fingerprint density at radius 1 is 0.955 bits per heavy atom. The fourth-order valence-electron chi connectivity index (χ4n) is 3.01. The molecule has 0 saturated heterocycles. The zero-order valence-electron chi connectivity index (χ0n) is 12.6. The highest BCUT2D eigenvalue weighted by Gasteiger charge is 2.11. The number of hydrogen-bond acceptors (Lipinski definition) is 1. The largest absolute Gasteiger partial charge is 0.136 e. The second kappa shape index (κ2) is 5.58. The Morgan fingerprint density at radius 3 is 2.64 bits per heavy atom. The molecule has 0 amide bonds. The minimum atomic E-state index is 0.355. The summed E-state index contributed by atoms with van der Waals surface area (Å²) in [6.45, 7) is 2.23. The van der Waals surface area contributed by atoms with Crippen LogP contribution in [0.15, 0.2) is 54.6 Å². The average molecular weight is 302 g/mol. The molecule has 22 heavy (non-hydrogen) atoms. The van der Waals surface area contributed by atoms with E-state index in [0.717, 1.165) is 0 Å². The summed E-state index contributed by atoms with van der Waals surface area (Å²) in [7, 11) is 0. The Balaban J connectivity index is 1.88. The monoisotopic (exact) mass is 302 g/mol. The van der Waals surface area contributed by atoms with Crippen LogP contribution in [-0.2, 0) is 0 Å². The molecule has 2 aromatic rings. The van der Waals surface area contributed by atoms with Gasteiger partial charge in [0.15, 0.2) is 0 Å². The molecule has 0 N–H and O–H groups in total. The van der Waals surface area contributed by atoms with E-state index in [1.165, 1.54) is 25.8 Å². The summed E-state index contributed by atoms with van der Waals surface area (Å²) in [6.07, 6.45) is 18.3. The molecule has 4 rings (SSSR count). The SMILES string of the molecule is C[C@H]1C=Cc2sc3c(c2C=C1)=CC=CC(c1ccccc1)C=3. The van der Waals surface area contributed by atoms with E-state index in [0.29, 0.717) is 11.8 Å². The molecule has 0 fully saturated rings. The summed E-state index contributed by atoms with van der Waals surface area (Å²) >= 11 is 1.90. The van der Waals surface area contributed by atoms with Gasteiger partial charge in [0.1, 0.15) is 0 Å². The molecular weight excluding hydrogens is 284 g/mol. The maximum atomic E-state index is 2.40. The van der Waals surface area contributed by atoms with Gasteiger partial charge in [0.2, 0.25) is 0 Å². The van der Waals surface area contributed by atoms with Gasteiger partial charge < -0.3 is 0 Å². The van der Waals surface area contributed by atoms with Crippen LogP contribution in [0, 0.1) is 5.92 Å². The van der Waals surface area contributed by atoms with Crippen molar-refractivity contribution < 1.29 is 0 Å². The third-order valence-corrected chi connectivity index (χ3v) is 5.41. The van der Waals surface area contributed by atoms with Gasteiger partial charge in [-0.2, -0.15) is 0 Å². The first-order chi connectivity index (χ1) is 10.8. The molecule has 0 bridgehead atoms.